The van der Waals surface area contributed by atoms with Crippen LogP contribution in [0.3, 0.4) is 0 Å². The van der Waals surface area contributed by atoms with Crippen molar-refractivity contribution in [2.45, 2.75) is 39.2 Å². The summed E-state index contributed by atoms with van der Waals surface area (Å²) in [6, 6.07) is 0. The van der Waals surface area contributed by atoms with Gasteiger partial charge in [0.1, 0.15) is 11.6 Å². The molecule has 0 aromatic carbocycles. The predicted octanol–water partition coefficient (Wildman–Crippen LogP) is 1.84. The summed E-state index contributed by atoms with van der Waals surface area (Å²) in [5.74, 6) is -0.495. The fourth-order valence-corrected chi connectivity index (χ4v) is 2.70. The first-order chi connectivity index (χ1) is 10.1. The van der Waals surface area contributed by atoms with Crippen molar-refractivity contribution in [1.29, 1.82) is 0 Å². The number of esters is 1. The maximum atomic E-state index is 12.2. The standard InChI is InChI=1S/C14H20ClN3O3/c1-2-21-12(19)10-18-14(20)13(15)11(9-16-18)17-7-5-3-4-6-8-17/h9H,2-8,10H2,1H3. The van der Waals surface area contributed by atoms with Crippen molar-refractivity contribution in [1.82, 2.24) is 9.78 Å². The highest BCUT2D eigenvalue weighted by Gasteiger charge is 2.18. The zero-order valence-electron chi connectivity index (χ0n) is 12.2. The number of carbonyl (C=O) groups is 1. The molecule has 0 spiro atoms. The Morgan fingerprint density at radius 3 is 2.62 bits per heavy atom. The molecule has 1 aromatic heterocycles. The summed E-state index contributed by atoms with van der Waals surface area (Å²) in [6.45, 7) is 3.52. The van der Waals surface area contributed by atoms with Gasteiger partial charge in [-0.3, -0.25) is 9.59 Å². The Kier molecular flexibility index (Phi) is 5.61. The molecule has 0 bridgehead atoms. The molecule has 21 heavy (non-hydrogen) atoms. The van der Waals surface area contributed by atoms with E-state index in [4.69, 9.17) is 16.3 Å². The maximum absolute atomic E-state index is 12.2. The quantitative estimate of drug-likeness (QED) is 0.794. The van der Waals surface area contributed by atoms with Gasteiger partial charge in [0.2, 0.25) is 0 Å². The lowest BCUT2D eigenvalue weighted by Gasteiger charge is -2.23. The SMILES string of the molecule is CCOC(=O)Cn1ncc(N2CCCCCC2)c(Cl)c1=O. The van der Waals surface area contributed by atoms with Crippen LogP contribution in [0.4, 0.5) is 5.69 Å². The molecule has 7 heteroatoms. The summed E-state index contributed by atoms with van der Waals surface area (Å²) in [5.41, 5.74) is 0.204. The van der Waals surface area contributed by atoms with Crippen LogP contribution in [0, 0.1) is 0 Å². The average Bonchev–Trinajstić information content (AvgIpc) is 2.73. The lowest BCUT2D eigenvalue weighted by atomic mass is 10.2. The Balaban J connectivity index is 2.20. The molecule has 0 N–H and O–H groups in total. The largest absolute Gasteiger partial charge is 0.465 e. The first-order valence-electron chi connectivity index (χ1n) is 7.29. The predicted molar refractivity (Wildman–Crippen MR) is 80.8 cm³/mol. The Labute approximate surface area is 128 Å². The Bertz CT molecular complexity index is 551. The minimum atomic E-state index is -0.495. The summed E-state index contributed by atoms with van der Waals surface area (Å²) in [6.07, 6.45) is 6.13. The van der Waals surface area contributed by atoms with Gasteiger partial charge in [0.25, 0.3) is 5.56 Å². The number of halogens is 1. The monoisotopic (exact) mass is 313 g/mol. The van der Waals surface area contributed by atoms with Gasteiger partial charge in [0.05, 0.1) is 18.5 Å². The van der Waals surface area contributed by atoms with E-state index in [-0.39, 0.29) is 18.2 Å². The molecule has 116 valence electrons. The molecule has 2 heterocycles. The Morgan fingerprint density at radius 1 is 1.33 bits per heavy atom. The zero-order chi connectivity index (χ0) is 15.2. The van der Waals surface area contributed by atoms with Gasteiger partial charge in [0, 0.05) is 13.1 Å². The topological polar surface area (TPSA) is 64.4 Å². The molecule has 1 saturated heterocycles. The molecule has 6 nitrogen and oxygen atoms in total. The summed E-state index contributed by atoms with van der Waals surface area (Å²) >= 11 is 6.18. The van der Waals surface area contributed by atoms with E-state index in [2.05, 4.69) is 10.00 Å². The van der Waals surface area contributed by atoms with E-state index >= 15 is 0 Å². The summed E-state index contributed by atoms with van der Waals surface area (Å²) in [5, 5.41) is 4.17. The molecular formula is C14H20ClN3O3. The van der Waals surface area contributed by atoms with E-state index in [0.717, 1.165) is 30.6 Å². The number of ether oxygens (including phenoxy) is 1. The third-order valence-electron chi connectivity index (χ3n) is 3.50. The number of rotatable bonds is 4. The van der Waals surface area contributed by atoms with Crippen LogP contribution in [0.1, 0.15) is 32.6 Å². The van der Waals surface area contributed by atoms with E-state index in [0.29, 0.717) is 5.69 Å². The van der Waals surface area contributed by atoms with E-state index in [1.54, 1.807) is 13.1 Å². The van der Waals surface area contributed by atoms with Crippen LogP contribution < -0.4 is 10.5 Å². The van der Waals surface area contributed by atoms with Crippen molar-refractivity contribution in [3.63, 3.8) is 0 Å². The highest BCUT2D eigenvalue weighted by Crippen LogP contribution is 2.23. The second kappa shape index (κ2) is 7.45. The summed E-state index contributed by atoms with van der Waals surface area (Å²) in [7, 11) is 0. The van der Waals surface area contributed by atoms with Gasteiger partial charge >= 0.3 is 5.97 Å². The van der Waals surface area contributed by atoms with Gasteiger partial charge in [-0.1, -0.05) is 24.4 Å². The summed E-state index contributed by atoms with van der Waals surface area (Å²) < 4.78 is 5.85. The third kappa shape index (κ3) is 3.97. The Hall–Kier alpha value is -1.56. The first kappa shape index (κ1) is 15.8. The molecule has 0 amide bonds. The van der Waals surface area contributed by atoms with Crippen LogP contribution in [0.5, 0.6) is 0 Å². The van der Waals surface area contributed by atoms with E-state index < -0.39 is 11.5 Å². The van der Waals surface area contributed by atoms with Crippen molar-refractivity contribution in [2.75, 3.05) is 24.6 Å². The molecule has 1 aliphatic rings. The number of hydrogen-bond acceptors (Lipinski definition) is 5. The second-order valence-electron chi connectivity index (χ2n) is 5.01. The molecule has 0 aliphatic carbocycles. The van der Waals surface area contributed by atoms with Crippen molar-refractivity contribution in [2.24, 2.45) is 0 Å². The van der Waals surface area contributed by atoms with Crippen LogP contribution in [0.2, 0.25) is 5.02 Å². The van der Waals surface area contributed by atoms with Gasteiger partial charge in [-0.05, 0) is 19.8 Å². The molecular weight excluding hydrogens is 294 g/mol. The normalized spacial score (nSPS) is 15.6. The van der Waals surface area contributed by atoms with Gasteiger partial charge in [-0.2, -0.15) is 5.10 Å². The minimum absolute atomic E-state index is 0.121. The van der Waals surface area contributed by atoms with Crippen molar-refractivity contribution in [3.8, 4) is 0 Å². The number of aromatic nitrogens is 2. The molecule has 0 atom stereocenters. The lowest BCUT2D eigenvalue weighted by Crippen LogP contribution is -2.32. The van der Waals surface area contributed by atoms with E-state index in [1.165, 1.54) is 12.8 Å². The maximum Gasteiger partial charge on any atom is 0.327 e. The molecule has 0 saturated carbocycles. The summed E-state index contributed by atoms with van der Waals surface area (Å²) in [4.78, 5) is 25.7. The molecule has 2 rings (SSSR count). The lowest BCUT2D eigenvalue weighted by molar-refractivity contribution is -0.144. The second-order valence-corrected chi connectivity index (χ2v) is 5.39. The number of hydrogen-bond donors (Lipinski definition) is 0. The van der Waals surface area contributed by atoms with Gasteiger partial charge in [-0.25, -0.2) is 4.68 Å². The molecule has 0 unspecified atom stereocenters. The van der Waals surface area contributed by atoms with Crippen LogP contribution in [-0.4, -0.2) is 35.4 Å². The molecule has 1 aliphatic heterocycles. The number of anilines is 1. The minimum Gasteiger partial charge on any atom is -0.465 e. The van der Waals surface area contributed by atoms with Crippen LogP contribution in [-0.2, 0) is 16.1 Å². The molecule has 0 radical (unpaired) electrons. The fourth-order valence-electron chi connectivity index (χ4n) is 2.43. The highest BCUT2D eigenvalue weighted by atomic mass is 35.5. The van der Waals surface area contributed by atoms with E-state index in [1.807, 2.05) is 0 Å². The van der Waals surface area contributed by atoms with Gasteiger partial charge in [0.15, 0.2) is 0 Å². The number of nitrogens with zero attached hydrogens (tertiary/aromatic N) is 3. The smallest absolute Gasteiger partial charge is 0.327 e. The molecule has 1 fully saturated rings. The average molecular weight is 314 g/mol. The zero-order valence-corrected chi connectivity index (χ0v) is 12.9. The van der Waals surface area contributed by atoms with Crippen molar-refractivity contribution in [3.05, 3.63) is 21.6 Å². The van der Waals surface area contributed by atoms with Crippen molar-refractivity contribution < 1.29 is 9.53 Å². The van der Waals surface area contributed by atoms with Crippen molar-refractivity contribution >= 4 is 23.3 Å². The van der Waals surface area contributed by atoms with E-state index in [9.17, 15) is 9.59 Å². The highest BCUT2D eigenvalue weighted by molar-refractivity contribution is 6.33. The van der Waals surface area contributed by atoms with Gasteiger partial charge in [-0.15, -0.1) is 0 Å². The van der Waals surface area contributed by atoms with Crippen LogP contribution in [0.25, 0.3) is 0 Å². The van der Waals surface area contributed by atoms with Crippen LogP contribution >= 0.6 is 11.6 Å². The third-order valence-corrected chi connectivity index (χ3v) is 3.85. The Morgan fingerprint density at radius 2 is 2.00 bits per heavy atom. The number of carbonyl (C=O) groups excluding carboxylic acids is 1. The van der Waals surface area contributed by atoms with Gasteiger partial charge < -0.3 is 9.64 Å². The molecule has 1 aromatic rings. The van der Waals surface area contributed by atoms with Crippen LogP contribution in [0.15, 0.2) is 11.0 Å². The fraction of sp³-hybridized carbons (Fsp3) is 0.643. The first-order valence-corrected chi connectivity index (χ1v) is 7.67.